The van der Waals surface area contributed by atoms with E-state index >= 15 is 0 Å². The van der Waals surface area contributed by atoms with Gasteiger partial charge in [-0.05, 0) is 24.6 Å². The molecule has 2 N–H and O–H groups in total. The van der Waals surface area contributed by atoms with Crippen LogP contribution in [0.25, 0.3) is 0 Å². The van der Waals surface area contributed by atoms with Crippen LogP contribution in [0.3, 0.4) is 0 Å². The second-order valence-corrected chi connectivity index (χ2v) is 6.63. The lowest BCUT2D eigenvalue weighted by atomic mass is 10.0. The molecule has 0 aliphatic carbocycles. The number of carbonyl (C=O) groups is 3. The molecule has 0 aliphatic rings. The molecule has 29 heavy (non-hydrogen) atoms. The van der Waals surface area contributed by atoms with Crippen LogP contribution in [0.4, 0.5) is 0 Å². The number of nitrogens with one attached hydrogen (secondary N) is 2. The quantitative estimate of drug-likeness (QED) is 0.635. The minimum absolute atomic E-state index is 0.0762. The first-order chi connectivity index (χ1) is 13.9. The van der Waals surface area contributed by atoms with Crippen molar-refractivity contribution in [1.29, 1.82) is 0 Å². The number of benzene rings is 1. The highest BCUT2D eigenvalue weighted by Crippen LogP contribution is 2.27. The van der Waals surface area contributed by atoms with E-state index in [0.29, 0.717) is 12.2 Å². The molecule has 1 heterocycles. The van der Waals surface area contributed by atoms with Crippen LogP contribution in [-0.4, -0.2) is 49.9 Å². The summed E-state index contributed by atoms with van der Waals surface area (Å²) in [7, 11) is 3.33. The van der Waals surface area contributed by atoms with Gasteiger partial charge in [-0.1, -0.05) is 25.1 Å². The van der Waals surface area contributed by atoms with Gasteiger partial charge in [-0.25, -0.2) is 0 Å². The summed E-state index contributed by atoms with van der Waals surface area (Å²) >= 11 is 0. The predicted molar refractivity (Wildman–Crippen MR) is 107 cm³/mol. The number of carbonyl (C=O) groups excluding carboxylic acids is 3. The van der Waals surface area contributed by atoms with Crippen molar-refractivity contribution in [1.82, 2.24) is 15.5 Å². The number of rotatable bonds is 10. The van der Waals surface area contributed by atoms with Gasteiger partial charge < -0.3 is 24.7 Å². The lowest BCUT2D eigenvalue weighted by Gasteiger charge is -2.21. The molecule has 2 rings (SSSR count). The molecule has 1 unspecified atom stereocenters. The highest BCUT2D eigenvalue weighted by molar-refractivity contribution is 5.91. The van der Waals surface area contributed by atoms with Crippen LogP contribution in [0.2, 0.25) is 0 Å². The number of para-hydroxylation sites is 1. The molecule has 0 bridgehead atoms. The molecule has 8 nitrogen and oxygen atoms in total. The third-order valence-electron chi connectivity index (χ3n) is 4.27. The number of ether oxygens (including phenoxy) is 1. The Morgan fingerprint density at radius 1 is 1.14 bits per heavy atom. The fourth-order valence-corrected chi connectivity index (χ4v) is 2.62. The Bertz CT molecular complexity index is 817. The molecule has 0 saturated heterocycles. The van der Waals surface area contributed by atoms with Gasteiger partial charge in [0, 0.05) is 32.6 Å². The summed E-state index contributed by atoms with van der Waals surface area (Å²) in [6.45, 7) is 2.07. The summed E-state index contributed by atoms with van der Waals surface area (Å²) in [5, 5.41) is 5.59. The molecule has 1 aromatic heterocycles. The van der Waals surface area contributed by atoms with Crippen LogP contribution in [0.1, 0.15) is 41.9 Å². The maximum Gasteiger partial charge on any atom is 0.286 e. The topological polar surface area (TPSA) is 101 Å². The Kier molecular flexibility index (Phi) is 8.27. The van der Waals surface area contributed by atoms with Crippen LogP contribution < -0.4 is 15.4 Å². The average Bonchev–Trinajstić information content (AvgIpc) is 3.25. The maximum atomic E-state index is 12.3. The number of likely N-dealkylation sites (N-methyl/N-ethyl adjacent to an activating group) is 1. The van der Waals surface area contributed by atoms with E-state index in [1.165, 1.54) is 11.2 Å². The fraction of sp³-hybridized carbons (Fsp3) is 0.381. The van der Waals surface area contributed by atoms with Gasteiger partial charge in [0.05, 0.1) is 12.3 Å². The van der Waals surface area contributed by atoms with Crippen molar-refractivity contribution in [3.05, 3.63) is 54.0 Å². The summed E-state index contributed by atoms with van der Waals surface area (Å²) in [4.78, 5) is 37.4. The molecule has 1 atom stereocenters. The first-order valence-corrected chi connectivity index (χ1v) is 9.45. The lowest BCUT2D eigenvalue weighted by Crippen LogP contribution is -2.33. The van der Waals surface area contributed by atoms with Crippen molar-refractivity contribution in [2.24, 2.45) is 0 Å². The second-order valence-electron chi connectivity index (χ2n) is 6.63. The van der Waals surface area contributed by atoms with Crippen LogP contribution >= 0.6 is 0 Å². The number of nitrogens with zero attached hydrogens (tertiary/aromatic N) is 1. The van der Waals surface area contributed by atoms with Crippen LogP contribution in [0.5, 0.6) is 5.75 Å². The van der Waals surface area contributed by atoms with E-state index in [-0.39, 0.29) is 49.1 Å². The van der Waals surface area contributed by atoms with E-state index in [1.54, 1.807) is 32.3 Å². The largest absolute Gasteiger partial charge is 0.483 e. The van der Waals surface area contributed by atoms with E-state index in [1.807, 2.05) is 25.1 Å². The summed E-state index contributed by atoms with van der Waals surface area (Å²) in [5.74, 6) is 0.0512. The van der Waals surface area contributed by atoms with E-state index in [2.05, 4.69) is 10.6 Å². The van der Waals surface area contributed by atoms with E-state index in [9.17, 15) is 14.4 Å². The Morgan fingerprint density at radius 3 is 2.55 bits per heavy atom. The molecule has 0 aliphatic heterocycles. The van der Waals surface area contributed by atoms with Gasteiger partial charge in [0.15, 0.2) is 12.4 Å². The Hall–Kier alpha value is -3.29. The maximum absolute atomic E-state index is 12.3. The zero-order valence-electron chi connectivity index (χ0n) is 16.9. The monoisotopic (exact) mass is 401 g/mol. The molecule has 0 spiro atoms. The van der Waals surface area contributed by atoms with Gasteiger partial charge in [0.25, 0.3) is 11.8 Å². The summed E-state index contributed by atoms with van der Waals surface area (Å²) in [5.41, 5.74) is 0.800. The lowest BCUT2D eigenvalue weighted by molar-refractivity contribution is -0.130. The number of furan rings is 1. The minimum Gasteiger partial charge on any atom is -0.483 e. The van der Waals surface area contributed by atoms with Gasteiger partial charge in [0.2, 0.25) is 5.91 Å². The first kappa shape index (κ1) is 22.0. The zero-order chi connectivity index (χ0) is 21.2. The predicted octanol–water partition coefficient (Wildman–Crippen LogP) is 2.13. The highest BCUT2D eigenvalue weighted by Gasteiger charge is 2.18. The van der Waals surface area contributed by atoms with Gasteiger partial charge in [-0.3, -0.25) is 14.4 Å². The zero-order valence-corrected chi connectivity index (χ0v) is 16.9. The van der Waals surface area contributed by atoms with Crippen molar-refractivity contribution < 1.29 is 23.5 Å². The summed E-state index contributed by atoms with van der Waals surface area (Å²) in [6.07, 6.45) is 2.19. The van der Waals surface area contributed by atoms with E-state index < -0.39 is 0 Å². The SMILES string of the molecule is CCC(NC(=O)CCNC(=O)c1ccco1)c1ccccc1OCC(=O)N(C)C. The molecule has 0 radical (unpaired) electrons. The molecule has 8 heteroatoms. The van der Waals surface area contributed by atoms with Crippen LogP contribution in [0, 0.1) is 0 Å². The van der Waals surface area contributed by atoms with Crippen molar-refractivity contribution in [3.63, 3.8) is 0 Å². The molecule has 0 saturated carbocycles. The first-order valence-electron chi connectivity index (χ1n) is 9.45. The second kappa shape index (κ2) is 10.9. The highest BCUT2D eigenvalue weighted by atomic mass is 16.5. The smallest absolute Gasteiger partial charge is 0.286 e. The van der Waals surface area contributed by atoms with Crippen molar-refractivity contribution >= 4 is 17.7 Å². The average molecular weight is 401 g/mol. The van der Waals surface area contributed by atoms with E-state index in [0.717, 1.165) is 5.56 Å². The molecular formula is C21H27N3O5. The minimum atomic E-state index is -0.362. The van der Waals surface area contributed by atoms with E-state index in [4.69, 9.17) is 9.15 Å². The summed E-state index contributed by atoms with van der Waals surface area (Å²) in [6, 6.07) is 10.2. The standard InChI is InChI=1S/C21H27N3O5/c1-4-16(15-8-5-6-9-17(15)29-14-20(26)24(2)3)23-19(25)11-12-22-21(27)18-10-7-13-28-18/h5-10,13,16H,4,11-12,14H2,1-3H3,(H,22,27)(H,23,25). The Morgan fingerprint density at radius 2 is 1.90 bits per heavy atom. The third-order valence-corrected chi connectivity index (χ3v) is 4.27. The van der Waals surface area contributed by atoms with Gasteiger partial charge >= 0.3 is 0 Å². The van der Waals surface area contributed by atoms with Gasteiger partial charge in [-0.15, -0.1) is 0 Å². The Labute approximate surface area is 170 Å². The summed E-state index contributed by atoms with van der Waals surface area (Å²) < 4.78 is 10.7. The molecule has 0 fully saturated rings. The molecule has 2 aromatic rings. The fourth-order valence-electron chi connectivity index (χ4n) is 2.62. The van der Waals surface area contributed by atoms with Gasteiger partial charge in [-0.2, -0.15) is 0 Å². The van der Waals surface area contributed by atoms with Crippen LogP contribution in [-0.2, 0) is 9.59 Å². The number of hydrogen-bond acceptors (Lipinski definition) is 5. The number of amides is 3. The van der Waals surface area contributed by atoms with Crippen molar-refractivity contribution in [3.8, 4) is 5.75 Å². The normalized spacial score (nSPS) is 11.4. The van der Waals surface area contributed by atoms with Gasteiger partial charge in [0.1, 0.15) is 5.75 Å². The van der Waals surface area contributed by atoms with Crippen LogP contribution in [0.15, 0.2) is 47.1 Å². The van der Waals surface area contributed by atoms with Crippen molar-refractivity contribution in [2.45, 2.75) is 25.8 Å². The Balaban J connectivity index is 1.90. The number of hydrogen-bond donors (Lipinski definition) is 2. The molecule has 156 valence electrons. The molecule has 3 amide bonds. The molecular weight excluding hydrogens is 374 g/mol. The van der Waals surface area contributed by atoms with Crippen molar-refractivity contribution in [2.75, 3.05) is 27.2 Å². The third kappa shape index (κ3) is 6.67. The molecule has 1 aromatic carbocycles.